The number of nitrogens with two attached hydrogens (primary N) is 1. The van der Waals surface area contributed by atoms with Crippen LogP contribution in [-0.2, 0) is 6.54 Å². The van der Waals surface area contributed by atoms with Crippen LogP contribution < -0.4 is 5.73 Å². The van der Waals surface area contributed by atoms with E-state index in [0.29, 0.717) is 18.8 Å². The van der Waals surface area contributed by atoms with Gasteiger partial charge in [-0.2, -0.15) is 0 Å². The Bertz CT molecular complexity index is 625. The smallest absolute Gasteiger partial charge is 0.275 e. The van der Waals surface area contributed by atoms with Crippen molar-refractivity contribution < 1.29 is 4.79 Å². The summed E-state index contributed by atoms with van der Waals surface area (Å²) in [4.78, 5) is 13.6. The van der Waals surface area contributed by atoms with Gasteiger partial charge >= 0.3 is 0 Å². The number of hydrogen-bond donors (Lipinski definition) is 1. The SMILES string of the molecule is CN(Cc1ccc(C#CCN)cc1)C(=O)c1csnn1. The highest BCUT2D eigenvalue weighted by Gasteiger charge is 2.14. The van der Waals surface area contributed by atoms with E-state index in [4.69, 9.17) is 5.73 Å². The van der Waals surface area contributed by atoms with Gasteiger partial charge < -0.3 is 10.6 Å². The van der Waals surface area contributed by atoms with Crippen LogP contribution in [0.15, 0.2) is 29.6 Å². The standard InChI is InChI=1S/C14H14N4OS/c1-18(14(19)13-10-20-17-16-13)9-12-6-4-11(5-7-12)3-2-8-15/h4-7,10H,8-9,15H2,1H3. The van der Waals surface area contributed by atoms with Crippen LogP contribution in [0.2, 0.25) is 0 Å². The van der Waals surface area contributed by atoms with Crippen LogP contribution in [0.25, 0.3) is 0 Å². The molecule has 2 aromatic rings. The zero-order valence-corrected chi connectivity index (χ0v) is 11.9. The molecule has 0 unspecified atom stereocenters. The van der Waals surface area contributed by atoms with Crippen LogP contribution in [0.5, 0.6) is 0 Å². The van der Waals surface area contributed by atoms with Crippen LogP contribution in [0.1, 0.15) is 21.6 Å². The van der Waals surface area contributed by atoms with Gasteiger partial charge in [-0.05, 0) is 29.2 Å². The zero-order chi connectivity index (χ0) is 14.4. The first kappa shape index (κ1) is 14.2. The highest BCUT2D eigenvalue weighted by Crippen LogP contribution is 2.09. The number of rotatable bonds is 3. The molecular weight excluding hydrogens is 272 g/mol. The Morgan fingerprint density at radius 1 is 1.40 bits per heavy atom. The normalized spacial score (nSPS) is 9.70. The van der Waals surface area contributed by atoms with E-state index in [2.05, 4.69) is 21.4 Å². The number of aromatic nitrogens is 2. The molecule has 2 N–H and O–H groups in total. The molecule has 0 atom stereocenters. The summed E-state index contributed by atoms with van der Waals surface area (Å²) in [6.07, 6.45) is 0. The Hall–Kier alpha value is -2.23. The fourth-order valence-corrected chi connectivity index (χ4v) is 2.08. The number of hydrogen-bond acceptors (Lipinski definition) is 5. The lowest BCUT2D eigenvalue weighted by Crippen LogP contribution is -2.26. The summed E-state index contributed by atoms with van der Waals surface area (Å²) in [5.41, 5.74) is 7.65. The average Bonchev–Trinajstić information content (AvgIpc) is 3.00. The molecule has 20 heavy (non-hydrogen) atoms. The Kier molecular flexibility index (Phi) is 4.82. The van der Waals surface area contributed by atoms with Crippen LogP contribution in [0, 0.1) is 11.8 Å². The molecule has 5 nitrogen and oxygen atoms in total. The van der Waals surface area contributed by atoms with Crippen molar-refractivity contribution in [3.05, 3.63) is 46.5 Å². The van der Waals surface area contributed by atoms with E-state index in [9.17, 15) is 4.79 Å². The molecule has 0 bridgehead atoms. The van der Waals surface area contributed by atoms with Crippen molar-refractivity contribution in [3.8, 4) is 11.8 Å². The number of carbonyl (C=O) groups is 1. The monoisotopic (exact) mass is 286 g/mol. The molecule has 0 aliphatic rings. The summed E-state index contributed by atoms with van der Waals surface area (Å²) < 4.78 is 3.69. The number of carbonyl (C=O) groups excluding carboxylic acids is 1. The first-order chi connectivity index (χ1) is 9.70. The molecule has 2 rings (SSSR count). The second-order valence-corrected chi connectivity index (χ2v) is 4.76. The summed E-state index contributed by atoms with van der Waals surface area (Å²) in [6, 6.07) is 7.73. The fourth-order valence-electron chi connectivity index (χ4n) is 1.65. The van der Waals surface area contributed by atoms with Crippen molar-refractivity contribution in [2.75, 3.05) is 13.6 Å². The molecule has 0 radical (unpaired) electrons. The maximum atomic E-state index is 12.0. The molecule has 0 spiro atoms. The minimum Gasteiger partial charge on any atom is -0.336 e. The molecule has 0 fully saturated rings. The van der Waals surface area contributed by atoms with Crippen molar-refractivity contribution in [1.29, 1.82) is 0 Å². The van der Waals surface area contributed by atoms with Crippen LogP contribution >= 0.6 is 11.5 Å². The summed E-state index contributed by atoms with van der Waals surface area (Å²) in [6.45, 7) is 0.863. The quantitative estimate of drug-likeness (QED) is 0.858. The predicted octanol–water partition coefficient (Wildman–Crippen LogP) is 1.12. The third-order valence-corrected chi connectivity index (χ3v) is 3.14. The number of nitrogens with zero attached hydrogens (tertiary/aromatic N) is 3. The van der Waals surface area contributed by atoms with Crippen LogP contribution in [-0.4, -0.2) is 34.0 Å². The van der Waals surface area contributed by atoms with Crippen molar-refractivity contribution in [2.45, 2.75) is 6.54 Å². The molecule has 1 aromatic carbocycles. The predicted molar refractivity (Wildman–Crippen MR) is 78.1 cm³/mol. The van der Waals surface area contributed by atoms with E-state index in [1.165, 1.54) is 11.5 Å². The topological polar surface area (TPSA) is 72.1 Å². The van der Waals surface area contributed by atoms with Crippen molar-refractivity contribution in [1.82, 2.24) is 14.5 Å². The van der Waals surface area contributed by atoms with Gasteiger partial charge in [0.15, 0.2) is 5.69 Å². The molecule has 0 aliphatic carbocycles. The lowest BCUT2D eigenvalue weighted by molar-refractivity contribution is 0.0779. The minimum absolute atomic E-state index is 0.134. The zero-order valence-electron chi connectivity index (χ0n) is 11.0. The van der Waals surface area contributed by atoms with E-state index in [0.717, 1.165) is 11.1 Å². The van der Waals surface area contributed by atoms with E-state index < -0.39 is 0 Å². The summed E-state index contributed by atoms with van der Waals surface area (Å²) in [7, 11) is 1.74. The van der Waals surface area contributed by atoms with Crippen molar-refractivity contribution in [3.63, 3.8) is 0 Å². The molecule has 0 saturated heterocycles. The molecule has 0 aliphatic heterocycles. The largest absolute Gasteiger partial charge is 0.336 e. The summed E-state index contributed by atoms with van der Waals surface area (Å²) in [5, 5.41) is 5.42. The Balaban J connectivity index is 2.01. The van der Waals surface area contributed by atoms with Gasteiger partial charge in [-0.25, -0.2) is 0 Å². The van der Waals surface area contributed by atoms with Gasteiger partial charge in [-0.1, -0.05) is 28.5 Å². The molecular formula is C14H14N4OS. The van der Waals surface area contributed by atoms with Gasteiger partial charge in [0.05, 0.1) is 6.54 Å². The van der Waals surface area contributed by atoms with Crippen LogP contribution in [0.4, 0.5) is 0 Å². The number of benzene rings is 1. The Morgan fingerprint density at radius 3 is 2.75 bits per heavy atom. The maximum absolute atomic E-state index is 12.0. The maximum Gasteiger partial charge on any atom is 0.275 e. The molecule has 102 valence electrons. The molecule has 1 heterocycles. The third-order valence-electron chi connectivity index (χ3n) is 2.63. The molecule has 1 aromatic heterocycles. The minimum atomic E-state index is -0.134. The fraction of sp³-hybridized carbons (Fsp3) is 0.214. The first-order valence-corrected chi connectivity index (χ1v) is 6.85. The molecule has 6 heteroatoms. The molecule has 0 saturated carbocycles. The first-order valence-electron chi connectivity index (χ1n) is 6.01. The van der Waals surface area contributed by atoms with Gasteiger partial charge in [0.1, 0.15) is 0 Å². The highest BCUT2D eigenvalue weighted by atomic mass is 32.1. The van der Waals surface area contributed by atoms with E-state index in [-0.39, 0.29) is 5.91 Å². The van der Waals surface area contributed by atoms with E-state index in [1.807, 2.05) is 24.3 Å². The van der Waals surface area contributed by atoms with Crippen molar-refractivity contribution >= 4 is 17.4 Å². The van der Waals surface area contributed by atoms with E-state index >= 15 is 0 Å². The lowest BCUT2D eigenvalue weighted by Gasteiger charge is -2.15. The highest BCUT2D eigenvalue weighted by molar-refractivity contribution is 7.03. The second-order valence-electron chi connectivity index (χ2n) is 4.15. The molecule has 1 amide bonds. The van der Waals surface area contributed by atoms with Gasteiger partial charge in [-0.15, -0.1) is 5.10 Å². The summed E-state index contributed by atoms with van der Waals surface area (Å²) >= 11 is 1.17. The Morgan fingerprint density at radius 2 is 2.15 bits per heavy atom. The third kappa shape index (κ3) is 3.63. The second kappa shape index (κ2) is 6.80. The van der Waals surface area contributed by atoms with E-state index in [1.54, 1.807) is 17.3 Å². The van der Waals surface area contributed by atoms with Crippen molar-refractivity contribution in [2.24, 2.45) is 5.73 Å². The van der Waals surface area contributed by atoms with Gasteiger partial charge in [0, 0.05) is 24.5 Å². The van der Waals surface area contributed by atoms with Gasteiger partial charge in [0.2, 0.25) is 0 Å². The van der Waals surface area contributed by atoms with Gasteiger partial charge in [0.25, 0.3) is 5.91 Å². The lowest BCUT2D eigenvalue weighted by atomic mass is 10.1. The summed E-state index contributed by atoms with van der Waals surface area (Å²) in [5.74, 6) is 5.62. The number of amides is 1. The van der Waals surface area contributed by atoms with Crippen LogP contribution in [0.3, 0.4) is 0 Å². The van der Waals surface area contributed by atoms with Gasteiger partial charge in [-0.3, -0.25) is 4.79 Å². The Labute approximate surface area is 121 Å². The average molecular weight is 286 g/mol.